The third-order valence-corrected chi connectivity index (χ3v) is 3.72. The smallest absolute Gasteiger partial charge is 0.756 e. The zero-order valence-corrected chi connectivity index (χ0v) is 23.5. The van der Waals surface area contributed by atoms with Crippen molar-refractivity contribution in [3.63, 3.8) is 0 Å². The number of hydrogen-bond donors (Lipinski definition) is 2. The molecule has 0 aromatic heterocycles. The molecule has 0 aliphatic rings. The number of phosphoric ester groups is 1. The molecule has 2 N–H and O–H groups in total. The minimum Gasteiger partial charge on any atom is -0.756 e. The monoisotopic (exact) mass is 440 g/mol. The van der Waals surface area contributed by atoms with Gasteiger partial charge in [0.05, 0.1) is 12.4 Å². The fourth-order valence-electron chi connectivity index (χ4n) is 0.984. The summed E-state index contributed by atoms with van der Waals surface area (Å²) in [5.41, 5.74) is -3.36. The van der Waals surface area contributed by atoms with Crippen molar-refractivity contribution >= 4 is 33.6 Å². The van der Waals surface area contributed by atoms with E-state index < -0.39 is 52.0 Å². The Hall–Kier alpha value is 2.67. The Labute approximate surface area is 229 Å². The SMILES string of the molecule is O=C([O-])CC(O)(CC(=O)OP(=O)([O-])OP(=O)([O-])O)C(=O)[O-].[Na+].[Na+].[Na+].[Na+]. The standard InChI is InChI=1S/C6H10O13P2.4Na/c7-3(8)1-6(12,5(10)11)2-4(9)18-21(16,17)19-20(13,14)15;;;;/h12H,1-2H2,(H,7,8)(H,10,11)(H,16,17)(H2,13,14,15);;;;/q;4*+1/p-4. The number of carboxylic acid groups (broad SMARTS) is 2. The van der Waals surface area contributed by atoms with E-state index in [1.54, 1.807) is 0 Å². The Bertz CT molecular complexity index is 549. The summed E-state index contributed by atoms with van der Waals surface area (Å²) < 4.78 is 27.3. The van der Waals surface area contributed by atoms with E-state index in [0.29, 0.717) is 0 Å². The molecule has 25 heavy (non-hydrogen) atoms. The Morgan fingerprint density at radius 3 is 1.64 bits per heavy atom. The molecule has 13 nitrogen and oxygen atoms in total. The zero-order valence-electron chi connectivity index (χ0n) is 13.7. The summed E-state index contributed by atoms with van der Waals surface area (Å²) in [4.78, 5) is 60.8. The number of carbonyl (C=O) groups is 3. The molecule has 0 saturated carbocycles. The summed E-state index contributed by atoms with van der Waals surface area (Å²) in [5.74, 6) is -6.66. The fraction of sp³-hybridized carbons (Fsp3) is 0.500. The van der Waals surface area contributed by atoms with E-state index in [0.717, 1.165) is 0 Å². The van der Waals surface area contributed by atoms with Crippen LogP contribution >= 0.6 is 15.6 Å². The predicted molar refractivity (Wildman–Crippen MR) is 48.8 cm³/mol. The van der Waals surface area contributed by atoms with Crippen LogP contribution in [-0.2, 0) is 32.3 Å². The Morgan fingerprint density at radius 2 is 1.36 bits per heavy atom. The second-order valence-corrected chi connectivity index (χ2v) is 6.17. The van der Waals surface area contributed by atoms with Crippen LogP contribution < -0.4 is 138 Å². The van der Waals surface area contributed by atoms with Crippen LogP contribution in [0.25, 0.3) is 0 Å². The second kappa shape index (κ2) is 15.5. The van der Waals surface area contributed by atoms with Crippen molar-refractivity contribution in [2.45, 2.75) is 18.4 Å². The number of carboxylic acids is 2. The molecule has 3 unspecified atom stereocenters. The summed E-state index contributed by atoms with van der Waals surface area (Å²) in [6.45, 7) is 0. The molecule has 0 aliphatic heterocycles. The minimum absolute atomic E-state index is 0. The van der Waals surface area contributed by atoms with Gasteiger partial charge in [0.2, 0.25) is 0 Å². The first-order valence-electron chi connectivity index (χ1n) is 4.59. The molecule has 0 rings (SSSR count). The van der Waals surface area contributed by atoms with E-state index >= 15 is 0 Å². The first-order chi connectivity index (χ1) is 9.17. The van der Waals surface area contributed by atoms with Crippen molar-refractivity contribution < 1.29 is 181 Å². The topological polar surface area (TPSA) is 237 Å². The molecule has 0 bridgehead atoms. The molecule has 122 valence electrons. The zero-order chi connectivity index (χ0) is 17.1. The summed E-state index contributed by atoms with van der Waals surface area (Å²) in [7, 11) is -11.8. The van der Waals surface area contributed by atoms with Crippen molar-refractivity contribution in [2.24, 2.45) is 0 Å². The average molecular weight is 440 g/mol. The molecule has 0 aromatic carbocycles. The average Bonchev–Trinajstić information content (AvgIpc) is 2.08. The largest absolute Gasteiger partial charge is 1.00 e. The van der Waals surface area contributed by atoms with Gasteiger partial charge in [0.1, 0.15) is 5.60 Å². The fourth-order valence-corrected chi connectivity index (χ4v) is 2.44. The van der Waals surface area contributed by atoms with Crippen molar-refractivity contribution in [1.29, 1.82) is 0 Å². The van der Waals surface area contributed by atoms with Gasteiger partial charge in [-0.3, -0.25) is 13.9 Å². The number of aliphatic hydroxyl groups is 1. The van der Waals surface area contributed by atoms with Gasteiger partial charge < -0.3 is 44.1 Å². The van der Waals surface area contributed by atoms with Crippen LogP contribution in [0.15, 0.2) is 0 Å². The second-order valence-electron chi connectivity index (χ2n) is 3.51. The Balaban J connectivity index is -0.000000333. The van der Waals surface area contributed by atoms with Crippen LogP contribution in [0, 0.1) is 0 Å². The van der Waals surface area contributed by atoms with Crippen molar-refractivity contribution in [2.75, 3.05) is 0 Å². The van der Waals surface area contributed by atoms with Crippen LogP contribution in [0.4, 0.5) is 0 Å². The molecule has 0 saturated heterocycles. The number of aliphatic carboxylic acids is 2. The van der Waals surface area contributed by atoms with E-state index in [-0.39, 0.29) is 118 Å². The van der Waals surface area contributed by atoms with Crippen LogP contribution in [0.5, 0.6) is 0 Å². The Kier molecular flexibility index (Phi) is 23.7. The van der Waals surface area contributed by atoms with E-state index in [1.807, 2.05) is 0 Å². The van der Waals surface area contributed by atoms with E-state index in [4.69, 9.17) is 4.89 Å². The van der Waals surface area contributed by atoms with Gasteiger partial charge in [-0.2, -0.15) is 0 Å². The third kappa shape index (κ3) is 18.4. The van der Waals surface area contributed by atoms with Gasteiger partial charge in [0.25, 0.3) is 7.82 Å². The molecule has 0 aromatic rings. The van der Waals surface area contributed by atoms with Crippen molar-refractivity contribution in [1.82, 2.24) is 0 Å². The molecule has 0 heterocycles. The number of carbonyl (C=O) groups excluding carboxylic acids is 3. The first kappa shape index (κ1) is 38.3. The molecule has 3 atom stereocenters. The number of phosphoric acid groups is 2. The quantitative estimate of drug-likeness (QED) is 0.264. The van der Waals surface area contributed by atoms with E-state index in [2.05, 4.69) is 8.83 Å². The van der Waals surface area contributed by atoms with Crippen molar-refractivity contribution in [3.05, 3.63) is 0 Å². The maximum atomic E-state index is 11.0. The Morgan fingerprint density at radius 1 is 0.960 bits per heavy atom. The molecule has 0 aliphatic carbocycles. The molecule has 0 amide bonds. The van der Waals surface area contributed by atoms with Crippen LogP contribution in [-0.4, -0.2) is 33.5 Å². The van der Waals surface area contributed by atoms with Gasteiger partial charge >= 0.3 is 132 Å². The number of rotatable bonds is 8. The molecular weight excluding hydrogens is 434 g/mol. The van der Waals surface area contributed by atoms with Gasteiger partial charge in [0.15, 0.2) is 0 Å². The van der Waals surface area contributed by atoms with Crippen LogP contribution in [0.2, 0.25) is 0 Å². The van der Waals surface area contributed by atoms with Gasteiger partial charge in [-0.25, -0.2) is 4.31 Å². The summed E-state index contributed by atoms with van der Waals surface area (Å²) in [6.07, 6.45) is -3.39. The van der Waals surface area contributed by atoms with Gasteiger partial charge in [-0.05, 0) is 0 Å². The normalized spacial score (nSPS) is 16.5. The summed E-state index contributed by atoms with van der Waals surface area (Å²) >= 11 is 0. The van der Waals surface area contributed by atoms with Gasteiger partial charge in [0, 0.05) is 12.4 Å². The third-order valence-electron chi connectivity index (χ3n) is 1.67. The molecular formula is C6H6Na4O13P2. The molecule has 0 fully saturated rings. The van der Waals surface area contributed by atoms with Crippen LogP contribution in [0.3, 0.4) is 0 Å². The summed E-state index contributed by atoms with van der Waals surface area (Å²) in [6, 6.07) is 0. The molecule has 0 radical (unpaired) electrons. The molecule has 19 heteroatoms. The first-order valence-corrected chi connectivity index (χ1v) is 7.55. The van der Waals surface area contributed by atoms with Crippen LogP contribution in [0.1, 0.15) is 12.8 Å². The predicted octanol–water partition coefficient (Wildman–Crippen LogP) is -17.5. The van der Waals surface area contributed by atoms with Gasteiger partial charge in [-0.15, -0.1) is 0 Å². The maximum absolute atomic E-state index is 11.0. The van der Waals surface area contributed by atoms with E-state index in [1.165, 1.54) is 0 Å². The van der Waals surface area contributed by atoms with E-state index in [9.17, 15) is 48.6 Å². The summed E-state index contributed by atoms with van der Waals surface area (Å²) in [5, 5.41) is 30.0. The van der Waals surface area contributed by atoms with Gasteiger partial charge in [-0.1, -0.05) is 0 Å². The minimum atomic E-state index is -5.93. The van der Waals surface area contributed by atoms with Crippen molar-refractivity contribution in [3.8, 4) is 0 Å². The molecule has 0 spiro atoms. The number of hydrogen-bond acceptors (Lipinski definition) is 12. The maximum Gasteiger partial charge on any atom is 1.00 e.